The molecular weight excluding hydrogens is 266 g/mol. The van der Waals surface area contributed by atoms with Gasteiger partial charge in [-0.1, -0.05) is 13.0 Å². The highest BCUT2D eigenvalue weighted by Crippen LogP contribution is 2.32. The van der Waals surface area contributed by atoms with Gasteiger partial charge in [-0.3, -0.25) is 9.89 Å². The van der Waals surface area contributed by atoms with Crippen molar-refractivity contribution in [3.63, 3.8) is 0 Å². The highest BCUT2D eigenvalue weighted by Gasteiger charge is 2.25. The fourth-order valence-electron chi connectivity index (χ4n) is 2.76. The van der Waals surface area contributed by atoms with Gasteiger partial charge in [0.25, 0.3) is 5.91 Å². The third-order valence-electron chi connectivity index (χ3n) is 3.77. The van der Waals surface area contributed by atoms with E-state index >= 15 is 0 Å². The smallest absolute Gasteiger partial charge is 0.291 e. The monoisotopic (exact) mass is 285 g/mol. The highest BCUT2D eigenvalue weighted by molar-refractivity contribution is 5.90. The minimum Gasteiger partial charge on any atom is -0.399 e. The van der Waals surface area contributed by atoms with Gasteiger partial charge < -0.3 is 11.1 Å². The average Bonchev–Trinajstić information content (AvgIpc) is 3.06. The molecule has 0 fully saturated rings. The Bertz CT molecular complexity index is 664. The summed E-state index contributed by atoms with van der Waals surface area (Å²) in [6.07, 6.45) is 3.58. The van der Waals surface area contributed by atoms with E-state index in [9.17, 15) is 4.79 Å². The Morgan fingerprint density at radius 3 is 3.19 bits per heavy atom. The number of H-pyrrole nitrogens is 1. The topological polar surface area (TPSA) is 96.7 Å². The van der Waals surface area contributed by atoms with Crippen molar-refractivity contribution in [1.82, 2.24) is 20.5 Å². The van der Waals surface area contributed by atoms with Gasteiger partial charge in [-0.15, -0.1) is 5.10 Å². The van der Waals surface area contributed by atoms with Gasteiger partial charge in [0.2, 0.25) is 5.82 Å². The summed E-state index contributed by atoms with van der Waals surface area (Å²) in [5.74, 6) is 0.730. The third kappa shape index (κ3) is 2.74. The predicted octanol–water partition coefficient (Wildman–Crippen LogP) is 1.76. The summed E-state index contributed by atoms with van der Waals surface area (Å²) >= 11 is 0. The van der Waals surface area contributed by atoms with E-state index in [2.05, 4.69) is 27.4 Å². The number of carbonyl (C=O) groups is 1. The van der Waals surface area contributed by atoms with Crippen molar-refractivity contribution < 1.29 is 4.79 Å². The molecule has 1 aromatic heterocycles. The summed E-state index contributed by atoms with van der Waals surface area (Å²) in [6.45, 7) is 2.06. The number of benzene rings is 1. The summed E-state index contributed by atoms with van der Waals surface area (Å²) in [6, 6.07) is 5.85. The van der Waals surface area contributed by atoms with Crippen molar-refractivity contribution in [2.75, 3.05) is 5.73 Å². The van der Waals surface area contributed by atoms with Crippen LogP contribution in [0.2, 0.25) is 0 Å². The maximum absolute atomic E-state index is 12.2. The molecule has 2 aromatic rings. The lowest BCUT2D eigenvalue weighted by Gasteiger charge is -2.12. The lowest BCUT2D eigenvalue weighted by molar-refractivity contribution is 0.0926. The standard InChI is InChI=1S/C15H19N5O/c1-2-3-13-18-14(20-19-13)15(21)17-12-7-4-9-8-10(16)5-6-11(9)12/h5-6,8,12H,2-4,7,16H2,1H3,(H,17,21)(H,18,19,20). The van der Waals surface area contributed by atoms with Crippen molar-refractivity contribution in [2.24, 2.45) is 0 Å². The first-order valence-electron chi connectivity index (χ1n) is 7.28. The fraction of sp³-hybridized carbons (Fsp3) is 0.400. The molecule has 0 saturated heterocycles. The molecule has 1 aromatic carbocycles. The molecule has 1 aliphatic rings. The molecule has 6 nitrogen and oxygen atoms in total. The Kier molecular flexibility index (Phi) is 3.60. The minimum atomic E-state index is -0.233. The lowest BCUT2D eigenvalue weighted by atomic mass is 10.1. The molecule has 1 unspecified atom stereocenters. The number of carbonyl (C=O) groups excluding carboxylic acids is 1. The molecule has 4 N–H and O–H groups in total. The second-order valence-corrected chi connectivity index (χ2v) is 5.38. The second kappa shape index (κ2) is 5.55. The molecule has 1 atom stereocenters. The molecule has 21 heavy (non-hydrogen) atoms. The summed E-state index contributed by atoms with van der Waals surface area (Å²) in [5.41, 5.74) is 8.90. The van der Waals surface area contributed by atoms with Gasteiger partial charge in [-0.05, 0) is 42.5 Å². The SMILES string of the molecule is CCCc1nc(C(=O)NC2CCc3cc(N)ccc32)n[nH]1. The van der Waals surface area contributed by atoms with Gasteiger partial charge >= 0.3 is 0 Å². The highest BCUT2D eigenvalue weighted by atomic mass is 16.2. The van der Waals surface area contributed by atoms with Crippen molar-refractivity contribution in [2.45, 2.75) is 38.6 Å². The summed E-state index contributed by atoms with van der Waals surface area (Å²) in [4.78, 5) is 16.4. The van der Waals surface area contributed by atoms with Gasteiger partial charge in [0.15, 0.2) is 0 Å². The number of nitrogens with zero attached hydrogens (tertiary/aromatic N) is 2. The van der Waals surface area contributed by atoms with Crippen molar-refractivity contribution in [1.29, 1.82) is 0 Å². The van der Waals surface area contributed by atoms with Crippen LogP contribution in [0.1, 0.15) is 53.4 Å². The molecule has 0 aliphatic heterocycles. The number of nitrogens with two attached hydrogens (primary N) is 1. The number of aromatic amines is 1. The first kappa shape index (κ1) is 13.6. The summed E-state index contributed by atoms with van der Waals surface area (Å²) < 4.78 is 0. The molecule has 1 amide bonds. The first-order valence-corrected chi connectivity index (χ1v) is 7.28. The number of rotatable bonds is 4. The van der Waals surface area contributed by atoms with E-state index in [1.165, 1.54) is 5.56 Å². The van der Waals surface area contributed by atoms with Crippen molar-refractivity contribution >= 4 is 11.6 Å². The van der Waals surface area contributed by atoms with Gasteiger partial charge in [-0.2, -0.15) is 0 Å². The predicted molar refractivity (Wildman–Crippen MR) is 79.8 cm³/mol. The van der Waals surface area contributed by atoms with Crippen LogP contribution in [0.5, 0.6) is 0 Å². The molecule has 1 heterocycles. The molecule has 1 aliphatic carbocycles. The molecule has 0 spiro atoms. The second-order valence-electron chi connectivity index (χ2n) is 5.38. The minimum absolute atomic E-state index is 0.0150. The third-order valence-corrected chi connectivity index (χ3v) is 3.77. The number of aromatic nitrogens is 3. The fourth-order valence-corrected chi connectivity index (χ4v) is 2.76. The average molecular weight is 285 g/mol. The van der Waals surface area contributed by atoms with Gasteiger partial charge in [0.1, 0.15) is 5.82 Å². The Balaban J connectivity index is 1.71. The lowest BCUT2D eigenvalue weighted by Crippen LogP contribution is -2.28. The molecule has 0 radical (unpaired) electrons. The van der Waals surface area contributed by atoms with E-state index in [1.807, 2.05) is 18.2 Å². The van der Waals surface area contributed by atoms with Gasteiger partial charge in [0, 0.05) is 12.1 Å². The van der Waals surface area contributed by atoms with E-state index in [1.54, 1.807) is 0 Å². The molecule has 0 bridgehead atoms. The van der Waals surface area contributed by atoms with Crippen LogP contribution < -0.4 is 11.1 Å². The Morgan fingerprint density at radius 2 is 2.38 bits per heavy atom. The number of fused-ring (bicyclic) bond motifs is 1. The zero-order valence-corrected chi connectivity index (χ0v) is 12.0. The molecule has 0 saturated carbocycles. The van der Waals surface area contributed by atoms with Crippen LogP contribution >= 0.6 is 0 Å². The van der Waals surface area contributed by atoms with E-state index in [4.69, 9.17) is 5.73 Å². The normalized spacial score (nSPS) is 16.7. The molecule has 3 rings (SSSR count). The maximum atomic E-state index is 12.2. The zero-order valence-electron chi connectivity index (χ0n) is 12.0. The Morgan fingerprint density at radius 1 is 1.52 bits per heavy atom. The Labute approximate surface area is 123 Å². The quantitative estimate of drug-likeness (QED) is 0.746. The number of nitrogens with one attached hydrogen (secondary N) is 2. The molecular formula is C15H19N5O. The van der Waals surface area contributed by atoms with Crippen LogP contribution in [0.4, 0.5) is 5.69 Å². The van der Waals surface area contributed by atoms with Gasteiger partial charge in [-0.25, -0.2) is 4.98 Å². The molecule has 110 valence electrons. The zero-order chi connectivity index (χ0) is 14.8. The number of amides is 1. The van der Waals surface area contributed by atoms with Crippen LogP contribution in [0.25, 0.3) is 0 Å². The Hall–Kier alpha value is -2.37. The van der Waals surface area contributed by atoms with E-state index < -0.39 is 0 Å². The summed E-state index contributed by atoms with van der Waals surface area (Å²) in [7, 11) is 0. The van der Waals surface area contributed by atoms with Crippen molar-refractivity contribution in [3.05, 3.63) is 41.0 Å². The van der Waals surface area contributed by atoms with Crippen molar-refractivity contribution in [3.8, 4) is 0 Å². The van der Waals surface area contributed by atoms with Crippen LogP contribution in [-0.4, -0.2) is 21.1 Å². The van der Waals surface area contributed by atoms with Crippen LogP contribution in [0.3, 0.4) is 0 Å². The van der Waals surface area contributed by atoms with Crippen LogP contribution in [-0.2, 0) is 12.8 Å². The number of anilines is 1. The van der Waals surface area contributed by atoms with Crippen LogP contribution in [0.15, 0.2) is 18.2 Å². The number of nitrogen functional groups attached to an aromatic ring is 1. The van der Waals surface area contributed by atoms with E-state index in [-0.39, 0.29) is 17.8 Å². The van der Waals surface area contributed by atoms with Gasteiger partial charge in [0.05, 0.1) is 6.04 Å². The van der Waals surface area contributed by atoms with E-state index in [0.29, 0.717) is 0 Å². The number of hydrogen-bond acceptors (Lipinski definition) is 4. The number of hydrogen-bond donors (Lipinski definition) is 3. The first-order chi connectivity index (χ1) is 10.2. The largest absolute Gasteiger partial charge is 0.399 e. The molecule has 6 heteroatoms. The number of aryl methyl sites for hydroxylation is 2. The van der Waals surface area contributed by atoms with Crippen LogP contribution in [0, 0.1) is 0 Å². The maximum Gasteiger partial charge on any atom is 0.291 e. The van der Waals surface area contributed by atoms with E-state index in [0.717, 1.165) is 42.8 Å². The summed E-state index contributed by atoms with van der Waals surface area (Å²) in [5, 5.41) is 9.78.